The quantitative estimate of drug-likeness (QED) is 0.286. The molecule has 5 rings (SSSR count). The van der Waals surface area contributed by atoms with E-state index < -0.39 is 6.43 Å². The van der Waals surface area contributed by atoms with Crippen molar-refractivity contribution in [2.75, 3.05) is 7.11 Å². The summed E-state index contributed by atoms with van der Waals surface area (Å²) in [5.41, 5.74) is 1.42. The number of aromatic nitrogens is 5. The fraction of sp³-hybridized carbons (Fsp3) is 0.0909. The molecule has 0 aliphatic rings. The van der Waals surface area contributed by atoms with Crippen LogP contribution in [0.4, 0.5) is 8.78 Å². The standard InChI is InChI=1S/C22H13Cl2F2N5O2/c1-32-18-5-3-2-4-13(18)16-9-17(19(25)26)31-21(28-16)14(10-27-31)22-29-20(30-33-22)12-7-6-11(23)8-15(12)24/h2-10,19H,1H3. The number of rotatable bonds is 5. The minimum absolute atomic E-state index is 0.0518. The van der Waals surface area contributed by atoms with Crippen molar-refractivity contribution in [1.82, 2.24) is 24.7 Å². The molecule has 11 heteroatoms. The van der Waals surface area contributed by atoms with E-state index in [1.165, 1.54) is 19.4 Å². The summed E-state index contributed by atoms with van der Waals surface area (Å²) >= 11 is 12.2. The normalized spacial score (nSPS) is 11.5. The van der Waals surface area contributed by atoms with Gasteiger partial charge in [0.1, 0.15) is 17.0 Å². The van der Waals surface area contributed by atoms with Gasteiger partial charge in [-0.2, -0.15) is 10.1 Å². The first kappa shape index (κ1) is 21.3. The molecule has 3 heterocycles. The lowest BCUT2D eigenvalue weighted by Crippen LogP contribution is -2.03. The van der Waals surface area contributed by atoms with E-state index in [-0.39, 0.29) is 34.3 Å². The first-order valence-electron chi connectivity index (χ1n) is 9.56. The highest BCUT2D eigenvalue weighted by atomic mass is 35.5. The van der Waals surface area contributed by atoms with Gasteiger partial charge < -0.3 is 9.26 Å². The van der Waals surface area contributed by atoms with E-state index in [1.807, 2.05) is 0 Å². The van der Waals surface area contributed by atoms with Gasteiger partial charge in [-0.1, -0.05) is 40.5 Å². The third-order valence-electron chi connectivity index (χ3n) is 4.93. The predicted octanol–water partition coefficient (Wildman–Crippen LogP) is 6.37. The van der Waals surface area contributed by atoms with Crippen LogP contribution in [0.2, 0.25) is 10.0 Å². The highest BCUT2D eigenvalue weighted by Gasteiger charge is 2.23. The Morgan fingerprint density at radius 3 is 2.58 bits per heavy atom. The van der Waals surface area contributed by atoms with Crippen LogP contribution in [0.25, 0.3) is 39.7 Å². The van der Waals surface area contributed by atoms with Gasteiger partial charge in [0.2, 0.25) is 5.82 Å². The van der Waals surface area contributed by atoms with E-state index in [0.717, 1.165) is 4.52 Å². The van der Waals surface area contributed by atoms with Gasteiger partial charge in [-0.05, 0) is 36.4 Å². The van der Waals surface area contributed by atoms with Crippen molar-refractivity contribution in [2.24, 2.45) is 0 Å². The number of nitrogens with zero attached hydrogens (tertiary/aromatic N) is 5. The Hall–Kier alpha value is -3.56. The summed E-state index contributed by atoms with van der Waals surface area (Å²) in [5, 5.41) is 8.83. The average molecular weight is 488 g/mol. The van der Waals surface area contributed by atoms with Crippen LogP contribution in [-0.2, 0) is 0 Å². The summed E-state index contributed by atoms with van der Waals surface area (Å²) in [6.07, 6.45) is -1.45. The van der Waals surface area contributed by atoms with Gasteiger partial charge in [-0.25, -0.2) is 18.3 Å². The second-order valence-corrected chi connectivity index (χ2v) is 7.75. The van der Waals surface area contributed by atoms with Crippen molar-refractivity contribution in [3.05, 3.63) is 70.5 Å². The van der Waals surface area contributed by atoms with Crippen molar-refractivity contribution in [3.8, 4) is 39.8 Å². The van der Waals surface area contributed by atoms with Crippen LogP contribution in [-0.4, -0.2) is 31.8 Å². The van der Waals surface area contributed by atoms with Crippen LogP contribution in [0.5, 0.6) is 5.75 Å². The molecule has 0 amide bonds. The average Bonchev–Trinajstić information content (AvgIpc) is 3.45. The fourth-order valence-electron chi connectivity index (χ4n) is 3.40. The Bertz CT molecular complexity index is 1490. The highest BCUT2D eigenvalue weighted by molar-refractivity contribution is 6.36. The number of benzene rings is 2. The summed E-state index contributed by atoms with van der Waals surface area (Å²) in [4.78, 5) is 8.92. The molecule has 0 bridgehead atoms. The van der Waals surface area contributed by atoms with Gasteiger partial charge in [-0.3, -0.25) is 0 Å². The van der Waals surface area contributed by atoms with Crippen molar-refractivity contribution in [2.45, 2.75) is 6.43 Å². The van der Waals surface area contributed by atoms with Crippen LogP contribution >= 0.6 is 23.2 Å². The number of hydrogen-bond acceptors (Lipinski definition) is 6. The number of methoxy groups -OCH3 is 1. The minimum atomic E-state index is -2.80. The van der Waals surface area contributed by atoms with E-state index in [1.54, 1.807) is 42.5 Å². The first-order chi connectivity index (χ1) is 16.0. The van der Waals surface area contributed by atoms with Gasteiger partial charge in [0.15, 0.2) is 5.65 Å². The van der Waals surface area contributed by atoms with E-state index in [2.05, 4.69) is 20.2 Å². The number of ether oxygens (including phenoxy) is 1. The van der Waals surface area contributed by atoms with Crippen LogP contribution in [0.3, 0.4) is 0 Å². The summed E-state index contributed by atoms with van der Waals surface area (Å²) < 4.78 is 39.6. The van der Waals surface area contributed by atoms with Crippen molar-refractivity contribution < 1.29 is 18.0 Å². The number of hydrogen-bond donors (Lipinski definition) is 0. The Labute approximate surface area is 195 Å². The zero-order chi connectivity index (χ0) is 23.1. The molecule has 0 radical (unpaired) electrons. The lowest BCUT2D eigenvalue weighted by molar-refractivity contribution is 0.143. The molecule has 0 N–H and O–H groups in total. The second kappa shape index (κ2) is 8.42. The zero-order valence-electron chi connectivity index (χ0n) is 16.8. The van der Waals surface area contributed by atoms with E-state index in [4.69, 9.17) is 32.5 Å². The van der Waals surface area contributed by atoms with Crippen molar-refractivity contribution >= 4 is 28.8 Å². The molecule has 0 spiro atoms. The van der Waals surface area contributed by atoms with Gasteiger partial charge >= 0.3 is 0 Å². The van der Waals surface area contributed by atoms with Gasteiger partial charge in [0.05, 0.1) is 24.0 Å². The topological polar surface area (TPSA) is 78.3 Å². The molecule has 0 aliphatic heterocycles. The van der Waals surface area contributed by atoms with E-state index in [9.17, 15) is 8.78 Å². The molecule has 3 aromatic heterocycles. The minimum Gasteiger partial charge on any atom is -0.496 e. The molecule has 0 fully saturated rings. The van der Waals surface area contributed by atoms with Gasteiger partial charge in [-0.15, -0.1) is 0 Å². The zero-order valence-corrected chi connectivity index (χ0v) is 18.3. The summed E-state index contributed by atoms with van der Waals surface area (Å²) in [6.45, 7) is 0. The molecule has 33 heavy (non-hydrogen) atoms. The summed E-state index contributed by atoms with van der Waals surface area (Å²) in [5.74, 6) is 0.755. The molecule has 7 nitrogen and oxygen atoms in total. The SMILES string of the molecule is COc1ccccc1-c1cc(C(F)F)n2ncc(-c3nc(-c4ccc(Cl)cc4Cl)no3)c2n1. The van der Waals surface area contributed by atoms with Crippen LogP contribution in [0.15, 0.2) is 59.3 Å². The fourth-order valence-corrected chi connectivity index (χ4v) is 3.89. The van der Waals surface area contributed by atoms with Crippen LogP contribution in [0.1, 0.15) is 12.1 Å². The number of para-hydroxylation sites is 1. The molecule has 0 unspecified atom stereocenters. The molecule has 166 valence electrons. The second-order valence-electron chi connectivity index (χ2n) is 6.91. The number of fused-ring (bicyclic) bond motifs is 1. The Kier molecular flexibility index (Phi) is 5.43. The lowest BCUT2D eigenvalue weighted by atomic mass is 10.1. The van der Waals surface area contributed by atoms with Gasteiger partial charge in [0, 0.05) is 16.1 Å². The number of alkyl halides is 2. The number of halogens is 4. The van der Waals surface area contributed by atoms with Crippen molar-refractivity contribution in [1.29, 1.82) is 0 Å². The summed E-state index contributed by atoms with van der Waals surface area (Å²) in [7, 11) is 1.50. The molecular formula is C22H13Cl2F2N5O2. The predicted molar refractivity (Wildman–Crippen MR) is 119 cm³/mol. The lowest BCUT2D eigenvalue weighted by Gasteiger charge is -2.10. The molecule has 5 aromatic rings. The smallest absolute Gasteiger partial charge is 0.280 e. The monoisotopic (exact) mass is 487 g/mol. The van der Waals surface area contributed by atoms with E-state index >= 15 is 0 Å². The maximum atomic E-state index is 13.9. The maximum absolute atomic E-state index is 13.9. The van der Waals surface area contributed by atoms with Crippen LogP contribution < -0.4 is 4.74 Å². The first-order valence-corrected chi connectivity index (χ1v) is 10.3. The third-order valence-corrected chi connectivity index (χ3v) is 5.48. The Morgan fingerprint density at radius 2 is 1.82 bits per heavy atom. The Balaban J connectivity index is 1.67. The molecule has 0 aliphatic carbocycles. The van der Waals surface area contributed by atoms with Gasteiger partial charge in [0.25, 0.3) is 12.3 Å². The van der Waals surface area contributed by atoms with E-state index in [0.29, 0.717) is 26.9 Å². The highest BCUT2D eigenvalue weighted by Crippen LogP contribution is 2.35. The largest absolute Gasteiger partial charge is 0.496 e. The third kappa shape index (κ3) is 3.79. The Morgan fingerprint density at radius 1 is 1.00 bits per heavy atom. The molecular weight excluding hydrogens is 475 g/mol. The maximum Gasteiger partial charge on any atom is 0.280 e. The molecule has 0 atom stereocenters. The molecule has 0 saturated carbocycles. The molecule has 2 aromatic carbocycles. The van der Waals surface area contributed by atoms with Crippen molar-refractivity contribution in [3.63, 3.8) is 0 Å². The molecule has 0 saturated heterocycles. The summed E-state index contributed by atoms with van der Waals surface area (Å²) in [6, 6.07) is 13.1. The van der Waals surface area contributed by atoms with Crippen LogP contribution in [0, 0.1) is 0 Å².